The lowest BCUT2D eigenvalue weighted by Gasteiger charge is -2.30. The average Bonchev–Trinajstić information content (AvgIpc) is 0.682. The Morgan fingerprint density at radius 1 is 0.350 bits per heavy atom. The number of hydrogen-bond donors (Lipinski definition) is 1. The zero-order valence-electron chi connectivity index (χ0n) is 57.2. The van der Waals surface area contributed by atoms with Crippen molar-refractivity contribution >= 4 is 101 Å². The van der Waals surface area contributed by atoms with Crippen LogP contribution in [0.2, 0.25) is 0 Å². The summed E-state index contributed by atoms with van der Waals surface area (Å²) in [5, 5.41) is 36.0. The van der Waals surface area contributed by atoms with Crippen LogP contribution < -0.4 is 24.0 Å². The molecule has 100 heavy (non-hydrogen) atoms. The Morgan fingerprint density at radius 3 is 0.980 bits per heavy atom. The number of unbranched alkanes of at least 4 members (excludes halogenated alkanes) is 9. The van der Waals surface area contributed by atoms with Crippen molar-refractivity contribution in [2.24, 2.45) is 0 Å². The van der Waals surface area contributed by atoms with Crippen LogP contribution in [0, 0.1) is 22.7 Å². The van der Waals surface area contributed by atoms with Crippen molar-refractivity contribution in [3.63, 3.8) is 0 Å². The molecule has 0 saturated carbocycles. The summed E-state index contributed by atoms with van der Waals surface area (Å²) in [6.45, 7) is 8.86. The second-order valence-electron chi connectivity index (χ2n) is 26.2. The van der Waals surface area contributed by atoms with Gasteiger partial charge in [-0.2, -0.15) is 10.5 Å². The third-order valence-corrected chi connectivity index (χ3v) is 19.5. The Kier molecular flexibility index (Phi) is 20.7. The van der Waals surface area contributed by atoms with Crippen LogP contribution >= 0.6 is 0 Å². The maximum absolute atomic E-state index is 14.8. The second-order valence-corrected chi connectivity index (χ2v) is 26.2. The normalized spacial score (nSPS) is 12.7. The van der Waals surface area contributed by atoms with E-state index >= 15 is 0 Å². The number of carbonyl (C=O) groups excluding carboxylic acids is 4. The van der Waals surface area contributed by atoms with Crippen molar-refractivity contribution in [2.75, 3.05) is 42.7 Å². The fourth-order valence-corrected chi connectivity index (χ4v) is 14.4. The highest BCUT2D eigenvalue weighted by Gasteiger charge is 2.38. The van der Waals surface area contributed by atoms with Gasteiger partial charge in [-0.3, -0.25) is 29.0 Å². The van der Waals surface area contributed by atoms with Crippen LogP contribution in [0.5, 0.6) is 23.0 Å². The number of benzene rings is 11. The standard InChI is InChI=1S/C86H82N6O8/c1-4-7-10-13-50-98-68-38-30-64(31-39-68)91(63-28-36-67(93)37-29-63)61-24-20-57(21-25-61)18-16-48-89-83(94)73-46-44-71-78-60(56-88)54-76-80-74(47-45-72(82(78)80)77-59(55-87)53-75(85(89)96)79(73)81(71)77)84(95)90(86(76)97)49-17-19-58-22-26-62(27-23-58)92(65-32-40-69(41-33-65)99-51-14-11-8-5-2)66-34-42-70(43-35-66)100-52-15-12-9-6-3/h20-47,53-54,93H,4-19,48-52H2,1-3H3. The van der Waals surface area contributed by atoms with E-state index in [-0.39, 0.29) is 41.1 Å². The highest BCUT2D eigenvalue weighted by Crippen LogP contribution is 2.49. The summed E-state index contributed by atoms with van der Waals surface area (Å²) in [6, 6.07) is 62.6. The molecular weight excluding hydrogens is 1240 g/mol. The summed E-state index contributed by atoms with van der Waals surface area (Å²) in [5.74, 6) is 0.673. The van der Waals surface area contributed by atoms with Crippen LogP contribution in [-0.4, -0.2) is 71.4 Å². The van der Waals surface area contributed by atoms with Crippen molar-refractivity contribution in [1.82, 2.24) is 9.80 Å². The van der Waals surface area contributed by atoms with Crippen LogP contribution in [0.4, 0.5) is 34.1 Å². The lowest BCUT2D eigenvalue weighted by atomic mass is 9.79. The predicted molar refractivity (Wildman–Crippen MR) is 397 cm³/mol. The van der Waals surface area contributed by atoms with E-state index in [0.29, 0.717) is 99.7 Å². The second kappa shape index (κ2) is 30.7. The van der Waals surface area contributed by atoms with Gasteiger partial charge in [0.25, 0.3) is 23.6 Å². The number of phenolic OH excluding ortho intramolecular Hbond substituents is 1. The molecule has 0 saturated heterocycles. The number of nitriles is 2. The minimum absolute atomic E-state index is 0.119. The monoisotopic (exact) mass is 1330 g/mol. The molecule has 4 amide bonds. The summed E-state index contributed by atoms with van der Waals surface area (Å²) in [6.07, 6.45) is 15.6. The molecule has 2 heterocycles. The molecule has 14 heteroatoms. The maximum Gasteiger partial charge on any atom is 0.261 e. The molecule has 11 aromatic carbocycles. The smallest absolute Gasteiger partial charge is 0.261 e. The van der Waals surface area contributed by atoms with E-state index in [1.807, 2.05) is 84.9 Å². The van der Waals surface area contributed by atoms with E-state index in [4.69, 9.17) is 14.2 Å². The fourth-order valence-electron chi connectivity index (χ4n) is 14.4. The van der Waals surface area contributed by atoms with Crippen molar-refractivity contribution in [3.05, 3.63) is 226 Å². The van der Waals surface area contributed by atoms with E-state index in [9.17, 15) is 34.8 Å². The molecule has 0 aromatic heterocycles. The third kappa shape index (κ3) is 13.7. The van der Waals surface area contributed by atoms with Crippen LogP contribution in [0.3, 0.4) is 0 Å². The van der Waals surface area contributed by atoms with Gasteiger partial charge in [0.2, 0.25) is 0 Å². The minimum atomic E-state index is -0.519. The van der Waals surface area contributed by atoms with Gasteiger partial charge >= 0.3 is 0 Å². The Morgan fingerprint density at radius 2 is 0.660 bits per heavy atom. The molecule has 13 rings (SSSR count). The lowest BCUT2D eigenvalue weighted by molar-refractivity contribution is 0.0593. The predicted octanol–water partition coefficient (Wildman–Crippen LogP) is 20.5. The minimum Gasteiger partial charge on any atom is -0.508 e. The van der Waals surface area contributed by atoms with Gasteiger partial charge in [0.05, 0.1) is 54.2 Å². The van der Waals surface area contributed by atoms with Crippen LogP contribution in [-0.2, 0) is 12.8 Å². The Balaban J connectivity index is 0.712. The van der Waals surface area contributed by atoms with Crippen LogP contribution in [0.15, 0.2) is 182 Å². The first-order valence-corrected chi connectivity index (χ1v) is 35.6. The van der Waals surface area contributed by atoms with Crippen molar-refractivity contribution in [1.29, 1.82) is 10.5 Å². The summed E-state index contributed by atoms with van der Waals surface area (Å²) in [5.41, 5.74) is 8.99. The molecule has 0 unspecified atom stereocenters. The van der Waals surface area contributed by atoms with Gasteiger partial charge in [-0.1, -0.05) is 115 Å². The number of fused-ring (bicyclic) bond motifs is 2. The van der Waals surface area contributed by atoms with Crippen molar-refractivity contribution in [2.45, 2.75) is 124 Å². The average molecular weight is 1330 g/mol. The van der Waals surface area contributed by atoms with Gasteiger partial charge in [-0.25, -0.2) is 0 Å². The number of hydrogen-bond acceptors (Lipinski definition) is 12. The molecule has 0 radical (unpaired) electrons. The lowest BCUT2D eigenvalue weighted by Crippen LogP contribution is -2.41. The molecule has 11 aromatic rings. The number of phenols is 1. The number of anilines is 6. The number of amides is 4. The molecule has 504 valence electrons. The number of aryl methyl sites for hydroxylation is 2. The molecule has 0 atom stereocenters. The van der Waals surface area contributed by atoms with E-state index < -0.39 is 23.6 Å². The van der Waals surface area contributed by atoms with E-state index in [0.717, 1.165) is 101 Å². The SMILES string of the molecule is CCCCCCOc1ccc(N(c2ccc(O)cc2)c2ccc(CCCN3C(=O)c4ccc5c6c(C#N)cc7c8c(ccc(c9c(C#N)cc(c4c59)C3=O)c86)C(=O)N(CCCc3ccc(N(c4ccc(OCCCCCC)cc4)c4ccc(OCCCCCC)cc4)cc3)C7=O)cc2)cc1. The molecule has 1 N–H and O–H groups in total. The first-order valence-electron chi connectivity index (χ1n) is 35.6. The van der Waals surface area contributed by atoms with Gasteiger partial charge in [0.15, 0.2) is 0 Å². The number of carbonyl (C=O) groups is 4. The highest BCUT2D eigenvalue weighted by molar-refractivity contribution is 6.42. The third-order valence-electron chi connectivity index (χ3n) is 19.5. The Labute approximate surface area is 584 Å². The van der Waals surface area contributed by atoms with Crippen LogP contribution in [0.1, 0.15) is 174 Å². The number of imide groups is 2. The van der Waals surface area contributed by atoms with Gasteiger partial charge < -0.3 is 29.1 Å². The topological polar surface area (TPSA) is 177 Å². The van der Waals surface area contributed by atoms with Gasteiger partial charge in [-0.15, -0.1) is 0 Å². The summed E-state index contributed by atoms with van der Waals surface area (Å²) in [4.78, 5) is 66.0. The van der Waals surface area contributed by atoms with Gasteiger partial charge in [-0.05, 0) is 212 Å². The Hall–Kier alpha value is -11.2. The molecule has 14 nitrogen and oxygen atoms in total. The first-order chi connectivity index (χ1) is 49.0. The van der Waals surface area contributed by atoms with Gasteiger partial charge in [0, 0.05) is 90.7 Å². The van der Waals surface area contributed by atoms with Crippen molar-refractivity contribution in [3.8, 4) is 35.1 Å². The van der Waals surface area contributed by atoms with E-state index in [1.165, 1.54) is 48.3 Å². The van der Waals surface area contributed by atoms with E-state index in [1.54, 1.807) is 48.5 Å². The summed E-state index contributed by atoms with van der Waals surface area (Å²) in [7, 11) is 0. The van der Waals surface area contributed by atoms with E-state index in [2.05, 4.69) is 91.2 Å². The zero-order chi connectivity index (χ0) is 69.2. The molecule has 0 aliphatic carbocycles. The zero-order valence-corrected chi connectivity index (χ0v) is 57.2. The highest BCUT2D eigenvalue weighted by atomic mass is 16.5. The van der Waals surface area contributed by atoms with Crippen molar-refractivity contribution < 1.29 is 38.5 Å². The maximum atomic E-state index is 14.8. The first kappa shape index (κ1) is 67.4. The quantitative estimate of drug-likeness (QED) is 0.0183. The number of rotatable bonds is 32. The molecular formula is C86H82N6O8. The molecule has 2 aliphatic rings. The Bertz CT molecular complexity index is 4830. The summed E-state index contributed by atoms with van der Waals surface area (Å²) < 4.78 is 18.3. The number of aromatic hydroxyl groups is 1. The number of ether oxygens (including phenoxy) is 3. The molecule has 2 aliphatic heterocycles. The fraction of sp³-hybridized carbons (Fsp3) is 0.279. The molecule has 0 fully saturated rings. The van der Waals surface area contributed by atoms with Gasteiger partial charge in [0.1, 0.15) is 23.0 Å². The molecule has 0 bridgehead atoms. The number of nitrogens with zero attached hydrogens (tertiary/aromatic N) is 6. The molecule has 0 spiro atoms. The largest absolute Gasteiger partial charge is 0.508 e. The van der Waals surface area contributed by atoms with Crippen LogP contribution in [0.25, 0.3) is 43.1 Å². The summed E-state index contributed by atoms with van der Waals surface area (Å²) >= 11 is 0.